The van der Waals surface area contributed by atoms with Gasteiger partial charge in [-0.3, -0.25) is 4.79 Å². The van der Waals surface area contributed by atoms with Crippen LogP contribution in [0.25, 0.3) is 16.0 Å². The molecule has 2 saturated heterocycles. The summed E-state index contributed by atoms with van der Waals surface area (Å²) in [6, 6.07) is 10.0. The molecule has 0 spiro atoms. The van der Waals surface area contributed by atoms with E-state index in [4.69, 9.17) is 16.3 Å². The van der Waals surface area contributed by atoms with E-state index in [1.165, 1.54) is 11.3 Å². The van der Waals surface area contributed by atoms with Crippen molar-refractivity contribution in [2.75, 3.05) is 0 Å². The number of rotatable bonds is 3. The summed E-state index contributed by atoms with van der Waals surface area (Å²) in [5, 5.41) is 11.2. The maximum Gasteiger partial charge on any atom is 0.173 e. The highest BCUT2D eigenvalue weighted by molar-refractivity contribution is 7.19. The average molecular weight is 415 g/mol. The van der Waals surface area contributed by atoms with Gasteiger partial charge in [0.05, 0.1) is 32.9 Å². The van der Waals surface area contributed by atoms with Crippen LogP contribution in [0.2, 0.25) is 4.34 Å². The standard InChI is InChI=1S/C23H23ClO3S/c1-4-12-5-6-13(15-7-8-16(24)28-15)11-14(12)17-20(25)18-19(21(17)26)23(3)10-9-22(18,2)27-23/h5-8,11,18-19,25H,4,9-10H2,1-3H3/t18-,19+,22?,23?/m1/s1. The van der Waals surface area contributed by atoms with Crippen molar-refractivity contribution in [1.29, 1.82) is 0 Å². The predicted molar refractivity (Wildman–Crippen MR) is 113 cm³/mol. The number of thiophene rings is 1. The first kappa shape index (κ1) is 18.4. The largest absolute Gasteiger partial charge is 0.511 e. The monoisotopic (exact) mass is 414 g/mol. The molecular formula is C23H23ClO3S. The van der Waals surface area contributed by atoms with E-state index in [0.29, 0.717) is 5.57 Å². The normalized spacial score (nSPS) is 33.8. The zero-order valence-electron chi connectivity index (χ0n) is 16.2. The second-order valence-corrected chi connectivity index (χ2v) is 10.4. The van der Waals surface area contributed by atoms with Gasteiger partial charge in [0, 0.05) is 4.88 Å². The van der Waals surface area contributed by atoms with Crippen LogP contribution in [0.15, 0.2) is 36.1 Å². The van der Waals surface area contributed by atoms with Crippen LogP contribution in [0, 0.1) is 11.8 Å². The Balaban J connectivity index is 1.67. The van der Waals surface area contributed by atoms with Crippen molar-refractivity contribution in [3.05, 3.63) is 51.6 Å². The third kappa shape index (κ3) is 2.35. The smallest absolute Gasteiger partial charge is 0.173 e. The van der Waals surface area contributed by atoms with Crippen LogP contribution >= 0.6 is 22.9 Å². The Morgan fingerprint density at radius 3 is 2.50 bits per heavy atom. The lowest BCUT2D eigenvalue weighted by Crippen LogP contribution is -2.39. The summed E-state index contributed by atoms with van der Waals surface area (Å²) in [4.78, 5) is 14.6. The molecule has 3 nitrogen and oxygen atoms in total. The van der Waals surface area contributed by atoms with Crippen molar-refractivity contribution in [3.63, 3.8) is 0 Å². The zero-order chi connectivity index (χ0) is 19.8. The Morgan fingerprint density at radius 2 is 1.89 bits per heavy atom. The van der Waals surface area contributed by atoms with Crippen molar-refractivity contribution in [2.24, 2.45) is 11.8 Å². The third-order valence-corrected chi connectivity index (χ3v) is 8.21. The first-order valence-corrected chi connectivity index (χ1v) is 11.0. The van der Waals surface area contributed by atoms with E-state index < -0.39 is 11.2 Å². The number of aliphatic hydroxyl groups is 1. The van der Waals surface area contributed by atoms with Crippen LogP contribution in [0.5, 0.6) is 0 Å². The molecule has 2 aromatic rings. The lowest BCUT2D eigenvalue weighted by Gasteiger charge is -2.30. The van der Waals surface area contributed by atoms with Crippen molar-refractivity contribution in [3.8, 4) is 10.4 Å². The lowest BCUT2D eigenvalue weighted by molar-refractivity contribution is -0.121. The predicted octanol–water partition coefficient (Wildman–Crippen LogP) is 6.06. The molecular weight excluding hydrogens is 392 g/mol. The molecule has 4 atom stereocenters. The molecule has 1 aromatic heterocycles. The molecule has 2 fully saturated rings. The summed E-state index contributed by atoms with van der Waals surface area (Å²) in [6.07, 6.45) is 2.54. The second kappa shape index (κ2) is 5.94. The van der Waals surface area contributed by atoms with E-state index in [2.05, 4.69) is 19.1 Å². The molecule has 0 amide bonds. The van der Waals surface area contributed by atoms with Crippen molar-refractivity contribution >= 4 is 34.3 Å². The topological polar surface area (TPSA) is 46.5 Å². The molecule has 3 heterocycles. The van der Waals surface area contributed by atoms with Crippen molar-refractivity contribution in [1.82, 2.24) is 0 Å². The molecule has 5 rings (SSSR count). The first-order chi connectivity index (χ1) is 13.3. The Hall–Kier alpha value is -1.62. The molecule has 28 heavy (non-hydrogen) atoms. The quantitative estimate of drug-likeness (QED) is 0.664. The molecule has 1 aliphatic carbocycles. The van der Waals surface area contributed by atoms with Gasteiger partial charge in [-0.15, -0.1) is 11.3 Å². The number of ketones is 1. The minimum absolute atomic E-state index is 0.0319. The molecule has 0 radical (unpaired) electrons. The van der Waals surface area contributed by atoms with Gasteiger partial charge >= 0.3 is 0 Å². The summed E-state index contributed by atoms with van der Waals surface area (Å²) < 4.78 is 7.00. The minimum atomic E-state index is -0.475. The summed E-state index contributed by atoms with van der Waals surface area (Å²) >= 11 is 7.63. The van der Waals surface area contributed by atoms with Crippen molar-refractivity contribution in [2.45, 2.75) is 51.2 Å². The number of carbonyl (C=O) groups is 1. The third-order valence-electron chi connectivity index (χ3n) is 6.93. The van der Waals surface area contributed by atoms with Gasteiger partial charge in [0.25, 0.3) is 0 Å². The highest BCUT2D eigenvalue weighted by Gasteiger charge is 2.69. The number of aliphatic hydroxyl groups excluding tert-OH is 1. The molecule has 3 aliphatic rings. The number of carbonyl (C=O) groups excluding carboxylic acids is 1. The summed E-state index contributed by atoms with van der Waals surface area (Å²) in [7, 11) is 0. The molecule has 2 bridgehead atoms. The number of fused-ring (bicyclic) bond motifs is 5. The van der Waals surface area contributed by atoms with E-state index in [1.807, 2.05) is 32.0 Å². The van der Waals surface area contributed by atoms with Crippen LogP contribution < -0.4 is 0 Å². The fourth-order valence-corrected chi connectivity index (χ4v) is 6.64. The SMILES string of the molecule is CCc1ccc(-c2ccc(Cl)s2)cc1C1=C(O)[C@H]2[C@@H](C1=O)C1(C)CCC2(C)O1. The molecule has 5 heteroatoms. The maximum atomic E-state index is 13.5. The highest BCUT2D eigenvalue weighted by Crippen LogP contribution is 2.63. The molecule has 0 saturated carbocycles. The molecule has 146 valence electrons. The van der Waals surface area contributed by atoms with Crippen molar-refractivity contribution < 1.29 is 14.6 Å². The van der Waals surface area contributed by atoms with Gasteiger partial charge in [-0.25, -0.2) is 0 Å². The number of aryl methyl sites for hydroxylation is 1. The van der Waals surface area contributed by atoms with Gasteiger partial charge in [-0.2, -0.15) is 0 Å². The van der Waals surface area contributed by atoms with E-state index in [-0.39, 0.29) is 23.4 Å². The van der Waals surface area contributed by atoms with Gasteiger partial charge in [-0.05, 0) is 68.0 Å². The Morgan fingerprint density at radius 1 is 1.18 bits per heavy atom. The van der Waals surface area contributed by atoms with Crippen LogP contribution in [0.3, 0.4) is 0 Å². The minimum Gasteiger partial charge on any atom is -0.511 e. The number of halogens is 1. The van der Waals surface area contributed by atoms with E-state index in [0.717, 1.165) is 45.2 Å². The summed E-state index contributed by atoms with van der Waals surface area (Å²) in [5.74, 6) is -0.273. The Kier molecular flexibility index (Phi) is 3.91. The molecule has 2 aliphatic heterocycles. The molecule has 2 unspecified atom stereocenters. The number of allylic oxidation sites excluding steroid dienone is 1. The Labute approximate surface area is 174 Å². The number of Topliss-reactive ketones (excluding diaryl/α,β-unsaturated/α-hetero) is 1. The number of hydrogen-bond donors (Lipinski definition) is 1. The van der Waals surface area contributed by atoms with Gasteiger partial charge in [0.2, 0.25) is 0 Å². The fourth-order valence-electron chi connectivity index (χ4n) is 5.60. The van der Waals surface area contributed by atoms with Crippen LogP contribution in [-0.2, 0) is 16.0 Å². The van der Waals surface area contributed by atoms with Crippen LogP contribution in [-0.4, -0.2) is 22.1 Å². The van der Waals surface area contributed by atoms with E-state index in [9.17, 15) is 9.90 Å². The van der Waals surface area contributed by atoms with E-state index in [1.54, 1.807) is 0 Å². The van der Waals surface area contributed by atoms with Gasteiger partial charge in [0.15, 0.2) is 5.78 Å². The summed E-state index contributed by atoms with van der Waals surface area (Å²) in [6.45, 7) is 6.15. The van der Waals surface area contributed by atoms with E-state index >= 15 is 0 Å². The lowest BCUT2D eigenvalue weighted by atomic mass is 9.68. The zero-order valence-corrected chi connectivity index (χ0v) is 17.8. The Bertz CT molecular complexity index is 1040. The fraction of sp³-hybridized carbons (Fsp3) is 0.435. The first-order valence-electron chi connectivity index (χ1n) is 9.84. The maximum absolute atomic E-state index is 13.5. The summed E-state index contributed by atoms with van der Waals surface area (Å²) in [5.41, 5.74) is 2.52. The van der Waals surface area contributed by atoms with Gasteiger partial charge in [0.1, 0.15) is 5.76 Å². The molecule has 1 N–H and O–H groups in total. The average Bonchev–Trinajstić information content (AvgIpc) is 3.35. The number of ether oxygens (including phenoxy) is 1. The highest BCUT2D eigenvalue weighted by atomic mass is 35.5. The second-order valence-electron chi connectivity index (χ2n) is 8.64. The van der Waals surface area contributed by atoms with Crippen LogP contribution in [0.4, 0.5) is 0 Å². The van der Waals surface area contributed by atoms with Crippen LogP contribution in [0.1, 0.15) is 44.7 Å². The number of hydrogen-bond acceptors (Lipinski definition) is 4. The van der Waals surface area contributed by atoms with Gasteiger partial charge < -0.3 is 9.84 Å². The molecule has 1 aromatic carbocycles. The van der Waals surface area contributed by atoms with Gasteiger partial charge in [-0.1, -0.05) is 30.7 Å². The number of benzene rings is 1.